The molecule has 0 aliphatic heterocycles. The normalized spacial score (nSPS) is 13.0. The number of nitrogens with zero attached hydrogens (tertiary/aromatic N) is 1. The molecular formula is C12H17NO. The fourth-order valence-corrected chi connectivity index (χ4v) is 1.34. The molecule has 76 valence electrons. The van der Waals surface area contributed by atoms with Crippen LogP contribution >= 0.6 is 0 Å². The number of hydrogen-bond acceptors (Lipinski definition) is 2. The molecule has 1 atom stereocenters. The van der Waals surface area contributed by atoms with E-state index >= 15 is 0 Å². The van der Waals surface area contributed by atoms with Gasteiger partial charge in [0.25, 0.3) is 0 Å². The SMILES string of the molecule is C/C=N/O[C@H](CCC)c1ccccc1. The molecule has 0 heterocycles. The summed E-state index contributed by atoms with van der Waals surface area (Å²) in [5, 5.41) is 3.84. The van der Waals surface area contributed by atoms with Crippen molar-refractivity contribution in [2.75, 3.05) is 0 Å². The fourth-order valence-electron chi connectivity index (χ4n) is 1.34. The summed E-state index contributed by atoms with van der Waals surface area (Å²) in [4.78, 5) is 5.39. The number of oxime groups is 1. The zero-order valence-electron chi connectivity index (χ0n) is 8.81. The van der Waals surface area contributed by atoms with Crippen molar-refractivity contribution >= 4 is 6.21 Å². The van der Waals surface area contributed by atoms with E-state index in [1.165, 1.54) is 5.56 Å². The Kier molecular flexibility index (Phi) is 4.76. The topological polar surface area (TPSA) is 21.6 Å². The van der Waals surface area contributed by atoms with E-state index in [4.69, 9.17) is 4.84 Å². The van der Waals surface area contributed by atoms with E-state index in [0.29, 0.717) is 0 Å². The van der Waals surface area contributed by atoms with E-state index in [1.807, 2.05) is 25.1 Å². The zero-order chi connectivity index (χ0) is 10.2. The van der Waals surface area contributed by atoms with E-state index in [-0.39, 0.29) is 6.10 Å². The van der Waals surface area contributed by atoms with Crippen molar-refractivity contribution in [1.29, 1.82) is 0 Å². The summed E-state index contributed by atoms with van der Waals surface area (Å²) in [7, 11) is 0. The summed E-state index contributed by atoms with van der Waals surface area (Å²) >= 11 is 0. The minimum absolute atomic E-state index is 0.0948. The Morgan fingerprint density at radius 3 is 2.64 bits per heavy atom. The smallest absolute Gasteiger partial charge is 0.152 e. The van der Waals surface area contributed by atoms with Crippen LogP contribution in [0.1, 0.15) is 38.4 Å². The Morgan fingerprint density at radius 1 is 1.36 bits per heavy atom. The molecule has 2 heteroatoms. The van der Waals surface area contributed by atoms with Crippen molar-refractivity contribution < 1.29 is 4.84 Å². The second-order valence-corrected chi connectivity index (χ2v) is 3.16. The molecule has 0 fully saturated rings. The van der Waals surface area contributed by atoms with Gasteiger partial charge in [0, 0.05) is 6.21 Å². The van der Waals surface area contributed by atoms with Crippen LogP contribution in [0.15, 0.2) is 35.5 Å². The molecule has 0 aliphatic carbocycles. The first-order chi connectivity index (χ1) is 6.88. The molecule has 1 rings (SSSR count). The van der Waals surface area contributed by atoms with Crippen molar-refractivity contribution in [2.24, 2.45) is 5.16 Å². The molecule has 0 saturated heterocycles. The van der Waals surface area contributed by atoms with E-state index < -0.39 is 0 Å². The number of rotatable bonds is 5. The molecule has 0 saturated carbocycles. The van der Waals surface area contributed by atoms with Gasteiger partial charge in [0.1, 0.15) is 0 Å². The highest BCUT2D eigenvalue weighted by Crippen LogP contribution is 2.22. The summed E-state index contributed by atoms with van der Waals surface area (Å²) in [6.45, 7) is 4.00. The molecule has 14 heavy (non-hydrogen) atoms. The maximum Gasteiger partial charge on any atom is 0.152 e. The quantitative estimate of drug-likeness (QED) is 0.515. The van der Waals surface area contributed by atoms with Crippen LogP contribution in [0.25, 0.3) is 0 Å². The Labute approximate surface area is 85.6 Å². The Hall–Kier alpha value is -1.31. The lowest BCUT2D eigenvalue weighted by molar-refractivity contribution is 0.0526. The van der Waals surface area contributed by atoms with Gasteiger partial charge in [-0.05, 0) is 18.9 Å². The van der Waals surface area contributed by atoms with Gasteiger partial charge in [-0.25, -0.2) is 0 Å². The summed E-state index contributed by atoms with van der Waals surface area (Å²) in [5.41, 5.74) is 1.19. The van der Waals surface area contributed by atoms with Crippen molar-refractivity contribution in [1.82, 2.24) is 0 Å². The highest BCUT2D eigenvalue weighted by Gasteiger charge is 2.10. The third kappa shape index (κ3) is 3.21. The van der Waals surface area contributed by atoms with Crippen LogP contribution in [0.5, 0.6) is 0 Å². The highest BCUT2D eigenvalue weighted by atomic mass is 16.6. The highest BCUT2D eigenvalue weighted by molar-refractivity contribution is 5.52. The lowest BCUT2D eigenvalue weighted by Crippen LogP contribution is -2.00. The van der Waals surface area contributed by atoms with Crippen LogP contribution in [-0.4, -0.2) is 6.21 Å². The molecule has 2 nitrogen and oxygen atoms in total. The maximum absolute atomic E-state index is 5.39. The van der Waals surface area contributed by atoms with Crippen molar-refractivity contribution in [2.45, 2.75) is 32.8 Å². The Bertz CT molecular complexity index is 269. The van der Waals surface area contributed by atoms with Crippen molar-refractivity contribution in [3.63, 3.8) is 0 Å². The first-order valence-electron chi connectivity index (χ1n) is 5.07. The first-order valence-corrected chi connectivity index (χ1v) is 5.07. The monoisotopic (exact) mass is 191 g/mol. The summed E-state index contributed by atoms with van der Waals surface area (Å²) in [6.07, 6.45) is 3.86. The van der Waals surface area contributed by atoms with Gasteiger partial charge >= 0.3 is 0 Å². The van der Waals surface area contributed by atoms with Gasteiger partial charge in [0.05, 0.1) is 0 Å². The molecular weight excluding hydrogens is 174 g/mol. The third-order valence-corrected chi connectivity index (χ3v) is 2.02. The molecule has 1 aromatic carbocycles. The minimum Gasteiger partial charge on any atom is -0.388 e. The summed E-state index contributed by atoms with van der Waals surface area (Å²) in [6, 6.07) is 10.2. The number of benzene rings is 1. The van der Waals surface area contributed by atoms with E-state index in [0.717, 1.165) is 12.8 Å². The molecule has 0 N–H and O–H groups in total. The molecule has 0 amide bonds. The molecule has 0 aliphatic rings. The third-order valence-electron chi connectivity index (χ3n) is 2.02. The van der Waals surface area contributed by atoms with Gasteiger partial charge in [-0.2, -0.15) is 0 Å². The average molecular weight is 191 g/mol. The number of hydrogen-bond donors (Lipinski definition) is 0. The van der Waals surface area contributed by atoms with Gasteiger partial charge in [-0.1, -0.05) is 48.8 Å². The van der Waals surface area contributed by atoms with E-state index in [2.05, 4.69) is 24.2 Å². The molecule has 0 spiro atoms. The van der Waals surface area contributed by atoms with Crippen molar-refractivity contribution in [3.05, 3.63) is 35.9 Å². The standard InChI is InChI=1S/C12H17NO/c1-3-8-12(14-13-4-2)11-9-6-5-7-10-11/h4-7,9-10,12H,3,8H2,1-2H3/b13-4+/t12-/m1/s1. The Morgan fingerprint density at radius 2 is 2.07 bits per heavy atom. The van der Waals surface area contributed by atoms with Crippen LogP contribution in [-0.2, 0) is 4.84 Å². The lowest BCUT2D eigenvalue weighted by atomic mass is 10.1. The second kappa shape index (κ2) is 6.19. The van der Waals surface area contributed by atoms with Crippen LogP contribution in [0.4, 0.5) is 0 Å². The summed E-state index contributed by atoms with van der Waals surface area (Å²) < 4.78 is 0. The molecule has 1 aromatic rings. The van der Waals surface area contributed by atoms with Crippen LogP contribution in [0, 0.1) is 0 Å². The molecule has 0 bridgehead atoms. The lowest BCUT2D eigenvalue weighted by Gasteiger charge is -2.13. The van der Waals surface area contributed by atoms with Gasteiger partial charge in [0.2, 0.25) is 0 Å². The van der Waals surface area contributed by atoms with Gasteiger partial charge < -0.3 is 4.84 Å². The largest absolute Gasteiger partial charge is 0.388 e. The molecule has 0 unspecified atom stereocenters. The van der Waals surface area contributed by atoms with Crippen LogP contribution in [0.3, 0.4) is 0 Å². The van der Waals surface area contributed by atoms with Gasteiger partial charge in [-0.3, -0.25) is 0 Å². The zero-order valence-corrected chi connectivity index (χ0v) is 8.81. The maximum atomic E-state index is 5.39. The average Bonchev–Trinajstić information content (AvgIpc) is 2.25. The van der Waals surface area contributed by atoms with E-state index in [1.54, 1.807) is 6.21 Å². The fraction of sp³-hybridized carbons (Fsp3) is 0.417. The van der Waals surface area contributed by atoms with Crippen molar-refractivity contribution in [3.8, 4) is 0 Å². The van der Waals surface area contributed by atoms with Crippen LogP contribution in [0.2, 0.25) is 0 Å². The van der Waals surface area contributed by atoms with Crippen LogP contribution < -0.4 is 0 Å². The summed E-state index contributed by atoms with van der Waals surface area (Å²) in [5.74, 6) is 0. The predicted octanol–water partition coefficient (Wildman–Crippen LogP) is 3.55. The first kappa shape index (κ1) is 10.8. The molecule has 0 radical (unpaired) electrons. The van der Waals surface area contributed by atoms with Gasteiger partial charge in [0.15, 0.2) is 6.10 Å². The second-order valence-electron chi connectivity index (χ2n) is 3.16. The van der Waals surface area contributed by atoms with Gasteiger partial charge in [-0.15, -0.1) is 0 Å². The minimum atomic E-state index is 0.0948. The Balaban J connectivity index is 2.67. The predicted molar refractivity (Wildman–Crippen MR) is 59.3 cm³/mol. The van der Waals surface area contributed by atoms with E-state index in [9.17, 15) is 0 Å². The molecule has 0 aromatic heterocycles.